The van der Waals surface area contributed by atoms with Gasteiger partial charge in [0.05, 0.1) is 50.8 Å². The molecule has 16 rings (SSSR count). The molecule has 378 valence electrons. The number of para-hydroxylation sites is 8. The molecule has 2 atom stereocenters. The molecule has 6 aliphatic rings. The number of fused-ring (bicyclic) bond motifs is 8. The minimum atomic E-state index is -1.42. The molecule has 0 spiro atoms. The number of nitrogens with zero attached hydrogens (tertiary/aromatic N) is 4. The van der Waals surface area contributed by atoms with Crippen molar-refractivity contribution < 1.29 is 38.7 Å². The van der Waals surface area contributed by atoms with E-state index in [1.807, 2.05) is 24.3 Å². The van der Waals surface area contributed by atoms with Gasteiger partial charge in [0.25, 0.3) is 40.7 Å². The Bertz CT molecular complexity index is 4990. The zero-order valence-corrected chi connectivity index (χ0v) is 41.5. The van der Waals surface area contributed by atoms with Crippen molar-refractivity contribution in [2.24, 2.45) is 0 Å². The average Bonchev–Trinajstić information content (AvgIpc) is 3.52. The summed E-state index contributed by atoms with van der Waals surface area (Å²) in [6.45, 7) is 0. The fourth-order valence-corrected chi connectivity index (χ4v) is 12.8. The topological polar surface area (TPSA) is 207 Å². The maximum Gasteiger partial charge on any atom is 0.272 e. The van der Waals surface area contributed by atoms with Crippen molar-refractivity contribution in [2.45, 2.75) is 12.0 Å². The third kappa shape index (κ3) is 5.81. The van der Waals surface area contributed by atoms with Gasteiger partial charge in [0.15, 0.2) is 0 Å². The molecule has 8 aromatic carbocycles. The normalized spacial score (nSPS) is 17.6. The monoisotopic (exact) mass is 1040 g/mol. The number of nitrogens with one attached hydrogen (secondary N) is 4. The maximum atomic E-state index is 16.2. The fourth-order valence-electron chi connectivity index (χ4n) is 12.8. The van der Waals surface area contributed by atoms with Crippen LogP contribution in [0.15, 0.2) is 192 Å². The molecule has 80 heavy (non-hydrogen) atoms. The number of imide groups is 3. The van der Waals surface area contributed by atoms with Crippen molar-refractivity contribution in [1.29, 1.82) is 0 Å². The molecule has 4 N–H and O–H groups in total. The summed E-state index contributed by atoms with van der Waals surface area (Å²) >= 11 is 0. The van der Waals surface area contributed by atoms with Crippen LogP contribution in [0.25, 0.3) is 55.2 Å². The molecule has 16 heteroatoms. The number of H-pyrrole nitrogens is 2. The van der Waals surface area contributed by atoms with Crippen LogP contribution in [0.1, 0.15) is 53.7 Å². The first-order valence-corrected chi connectivity index (χ1v) is 25.8. The van der Waals surface area contributed by atoms with Crippen LogP contribution in [0.4, 0.5) is 28.4 Å². The molecule has 0 bridgehead atoms. The number of carbonyl (C=O) groups is 6. The third-order valence-electron chi connectivity index (χ3n) is 16.1. The highest BCUT2D eigenvalue weighted by Crippen LogP contribution is 2.49. The average molecular weight is 1050 g/mol. The van der Waals surface area contributed by atoms with E-state index in [4.69, 9.17) is 0 Å². The lowest BCUT2D eigenvalue weighted by Crippen LogP contribution is -2.77. The standard InChI is InChI=1S/C64H34N8O8/c73-57-37-29-35(45-47-43(37)49(61(77)69(57)31-17-5-1-6-18-31)53-55(67-41-27-15-13-25-39(41)65-53)51(47)63(79)71(59(45)75)33-21-9-3-10-22-33)36-30-38-44-48-46(36)60(76)72(34-23-11-4-12-24-34)64(80)52(48)56-54(66-40-26-14-16-28-42(40)68-56)50(44)62(78)70(58(38)74)32-19-7-2-8-20-32/h1-30,37,54,66-67H/p+2. The molecular formula is C64H36N8O8+2. The fraction of sp³-hybridized carbons (Fsp3) is 0.0312. The number of rotatable bonds is 5. The molecule has 0 saturated heterocycles. The van der Waals surface area contributed by atoms with E-state index >= 15 is 38.4 Å². The first-order chi connectivity index (χ1) is 39.1. The van der Waals surface area contributed by atoms with Crippen molar-refractivity contribution >= 4 is 119 Å². The van der Waals surface area contributed by atoms with E-state index < -0.39 is 58.5 Å². The number of anilines is 4. The molecule has 0 saturated carbocycles. The molecule has 6 amide bonds. The number of aromatic nitrogens is 3. The molecule has 4 aliphatic heterocycles. The van der Waals surface area contributed by atoms with Gasteiger partial charge in [-0.15, -0.1) is 0 Å². The number of hydrogen-bond acceptors (Lipinski definition) is 9. The second-order valence-corrected chi connectivity index (χ2v) is 20.2. The number of aromatic amines is 2. The van der Waals surface area contributed by atoms with Crippen LogP contribution in [0, 0.1) is 0 Å². The van der Waals surface area contributed by atoms with E-state index in [-0.39, 0.29) is 111 Å². The van der Waals surface area contributed by atoms with Crippen LogP contribution in [0.5, 0.6) is 0 Å². The lowest BCUT2D eigenvalue weighted by Gasteiger charge is -2.38. The van der Waals surface area contributed by atoms with Gasteiger partial charge in [-0.1, -0.05) is 103 Å². The van der Waals surface area contributed by atoms with Gasteiger partial charge in [0.2, 0.25) is 28.3 Å². The number of amides is 6. The smallest absolute Gasteiger partial charge is 0.272 e. The molecule has 2 unspecified atom stereocenters. The molecular weight excluding hydrogens is 1010 g/mol. The Hall–Kier alpha value is -11.3. The zero-order chi connectivity index (χ0) is 54.0. The minimum Gasteiger partial charge on any atom is -0.364 e. The highest BCUT2D eigenvalue weighted by molar-refractivity contribution is 6.56. The van der Waals surface area contributed by atoms with Crippen LogP contribution in [0.3, 0.4) is 0 Å². The number of pyridine rings is 1. The Labute approximate surface area is 449 Å². The summed E-state index contributed by atoms with van der Waals surface area (Å²) in [5, 5.41) is 3.46. The Morgan fingerprint density at radius 2 is 1.07 bits per heavy atom. The minimum absolute atomic E-state index is 0.0163. The highest BCUT2D eigenvalue weighted by Gasteiger charge is 2.54. The van der Waals surface area contributed by atoms with Crippen molar-refractivity contribution in [2.75, 3.05) is 20.0 Å². The summed E-state index contributed by atoms with van der Waals surface area (Å²) in [4.78, 5) is 140. The van der Waals surface area contributed by atoms with Gasteiger partial charge >= 0.3 is 0 Å². The summed E-state index contributed by atoms with van der Waals surface area (Å²) in [6.07, 6.45) is 1.53. The van der Waals surface area contributed by atoms with E-state index in [9.17, 15) is 0 Å². The Balaban J connectivity index is 1.12. The van der Waals surface area contributed by atoms with E-state index in [1.165, 1.54) is 12.1 Å². The van der Waals surface area contributed by atoms with Gasteiger partial charge in [0.1, 0.15) is 33.9 Å². The van der Waals surface area contributed by atoms with Gasteiger partial charge in [-0.25, -0.2) is 29.2 Å². The molecule has 0 fully saturated rings. The first-order valence-electron chi connectivity index (χ1n) is 25.8. The SMILES string of the molecule is O=C1C2=c3c(cc(C4=CC5C(=O)N(c6ccccc6)C(=O)c6c5c5c4c(=O)n(-c4ccccc4)c(=O)c5c4[nH]c5ccccc5[nH+]c64)c4c3=C(C(=O)N(c3ccccc3)C4=O)C3=[NH+]c4ccccc4NC32)C(=O)N1c1ccccc1. The second kappa shape index (κ2) is 16.1. The number of hydrogen-bond donors (Lipinski definition) is 3. The maximum absolute atomic E-state index is 16.2. The first kappa shape index (κ1) is 45.0. The molecule has 10 aromatic rings. The molecule has 16 nitrogen and oxygen atoms in total. The van der Waals surface area contributed by atoms with Gasteiger partial charge in [-0.2, -0.15) is 0 Å². The third-order valence-corrected chi connectivity index (χ3v) is 16.1. The second-order valence-electron chi connectivity index (χ2n) is 20.2. The van der Waals surface area contributed by atoms with Gasteiger partial charge in [-0.3, -0.25) is 38.4 Å². The van der Waals surface area contributed by atoms with E-state index in [2.05, 4.69) is 20.3 Å². The quantitative estimate of drug-likeness (QED) is 0.122. The molecule has 2 aromatic heterocycles. The van der Waals surface area contributed by atoms with E-state index in [0.717, 1.165) is 19.3 Å². The molecule has 2 aliphatic carbocycles. The van der Waals surface area contributed by atoms with Gasteiger partial charge < -0.3 is 10.3 Å². The lowest BCUT2D eigenvalue weighted by molar-refractivity contribution is -0.354. The molecule has 0 radical (unpaired) electrons. The van der Waals surface area contributed by atoms with Crippen LogP contribution in [-0.4, -0.2) is 56.7 Å². The van der Waals surface area contributed by atoms with Crippen LogP contribution < -0.4 is 51.5 Å². The summed E-state index contributed by atoms with van der Waals surface area (Å²) in [7, 11) is 0. The zero-order valence-electron chi connectivity index (χ0n) is 41.5. The number of carbonyl (C=O) groups excluding carboxylic acids is 6. The summed E-state index contributed by atoms with van der Waals surface area (Å²) in [5.41, 5.74) is 1.80. The van der Waals surface area contributed by atoms with Crippen molar-refractivity contribution in [1.82, 2.24) is 9.55 Å². The summed E-state index contributed by atoms with van der Waals surface area (Å²) < 4.78 is 1.03. The predicted octanol–water partition coefficient (Wildman–Crippen LogP) is 4.85. The number of benzene rings is 8. The lowest BCUT2D eigenvalue weighted by atomic mass is 9.72. The van der Waals surface area contributed by atoms with Crippen molar-refractivity contribution in [3.05, 3.63) is 247 Å². The van der Waals surface area contributed by atoms with E-state index in [1.54, 1.807) is 146 Å². The largest absolute Gasteiger partial charge is 0.364 e. The summed E-state index contributed by atoms with van der Waals surface area (Å²) in [5.74, 6) is -5.97. The van der Waals surface area contributed by atoms with Crippen LogP contribution in [0.2, 0.25) is 0 Å². The van der Waals surface area contributed by atoms with Crippen molar-refractivity contribution in [3.63, 3.8) is 0 Å². The van der Waals surface area contributed by atoms with Crippen molar-refractivity contribution in [3.8, 4) is 5.69 Å². The van der Waals surface area contributed by atoms with Gasteiger partial charge in [-0.05, 0) is 83.4 Å². The van der Waals surface area contributed by atoms with Gasteiger partial charge in [0, 0.05) is 33.5 Å². The molecule has 6 heterocycles. The predicted molar refractivity (Wildman–Crippen MR) is 298 cm³/mol. The Morgan fingerprint density at radius 3 is 1.76 bits per heavy atom. The Kier molecular flexibility index (Phi) is 9.07. The Morgan fingerprint density at radius 1 is 0.487 bits per heavy atom. The summed E-state index contributed by atoms with van der Waals surface area (Å²) in [6, 6.07) is 48.3. The van der Waals surface area contributed by atoms with Crippen LogP contribution in [-0.2, 0) is 14.4 Å². The highest BCUT2D eigenvalue weighted by atomic mass is 16.2. The van der Waals surface area contributed by atoms with E-state index in [0.29, 0.717) is 22.4 Å². The van der Waals surface area contributed by atoms with Crippen LogP contribution >= 0.6 is 0 Å².